The minimum absolute atomic E-state index is 0. The van der Waals surface area contributed by atoms with Gasteiger partial charge >= 0.3 is 0 Å². The molecule has 0 atom stereocenters. The summed E-state index contributed by atoms with van der Waals surface area (Å²) >= 11 is 0. The van der Waals surface area contributed by atoms with Crippen LogP contribution in [0.3, 0.4) is 0 Å². The molecule has 4 rings (SSSR count). The molecule has 0 fully saturated rings. The van der Waals surface area contributed by atoms with Crippen molar-refractivity contribution in [2.45, 2.75) is 27.7 Å². The Morgan fingerprint density at radius 1 is 0.818 bits per heavy atom. The van der Waals surface area contributed by atoms with Crippen LogP contribution in [0.4, 0.5) is 0 Å². The van der Waals surface area contributed by atoms with Crippen molar-refractivity contribution in [1.82, 2.24) is 25.1 Å². The lowest BCUT2D eigenvalue weighted by atomic mass is 9.98. The van der Waals surface area contributed by atoms with Gasteiger partial charge in [0.2, 0.25) is 0 Å². The number of benzene rings is 1. The fourth-order valence-corrected chi connectivity index (χ4v) is 3.22. The van der Waals surface area contributed by atoms with Crippen LogP contribution in [-0.4, -0.2) is 25.1 Å². The second kappa shape index (κ2) is 19.7. The van der Waals surface area contributed by atoms with E-state index in [1.54, 1.807) is 32.6 Å². The highest BCUT2D eigenvalue weighted by Gasteiger charge is 2.16. The first-order chi connectivity index (χ1) is 21.6. The molecule has 0 saturated heterocycles. The van der Waals surface area contributed by atoms with E-state index < -0.39 is 0 Å². The van der Waals surface area contributed by atoms with E-state index in [0.717, 1.165) is 44.7 Å². The Bertz CT molecular complexity index is 2020. The second-order valence-corrected chi connectivity index (χ2v) is 7.51. The number of aromatic nitrogens is 5. The molecule has 12 heteroatoms. The molecule has 3 aromatic heterocycles. The van der Waals surface area contributed by atoms with Crippen molar-refractivity contribution in [1.29, 1.82) is 5.53 Å². The maximum atomic E-state index is 8.91. The Hall–Kier alpha value is -7.30. The molecule has 0 aliphatic heterocycles. The third-order valence-electron chi connectivity index (χ3n) is 4.78. The first kappa shape index (κ1) is 32.9. The number of nitrogens with zero attached hydrogens (tertiary/aromatic N) is 8. The quantitative estimate of drug-likeness (QED) is 0.126. The first-order valence-corrected chi connectivity index (χ1v) is 12.2. The summed E-state index contributed by atoms with van der Waals surface area (Å²) in [4.78, 5) is 24.7. The van der Waals surface area contributed by atoms with Crippen LogP contribution in [0.1, 0.15) is 29.6 Å². The Kier molecular flexibility index (Phi) is 14.7. The van der Waals surface area contributed by atoms with Gasteiger partial charge < -0.3 is 9.51 Å². The normalized spacial score (nSPS) is 8.18. The summed E-state index contributed by atoms with van der Waals surface area (Å²) in [5, 5.41) is 13.3. The van der Waals surface area contributed by atoms with Crippen LogP contribution in [0.5, 0.6) is 0 Å². The Labute approximate surface area is 257 Å². The number of aryl methyl sites for hydroxylation is 2. The Balaban J connectivity index is 0. The summed E-state index contributed by atoms with van der Waals surface area (Å²) < 4.78 is 5.29. The summed E-state index contributed by atoms with van der Waals surface area (Å²) in [7, 11) is 0. The number of hydrogen-bond donors (Lipinski definition) is 2. The number of aromatic amines is 1. The highest BCUT2D eigenvalue weighted by Crippen LogP contribution is 2.34. The fraction of sp³-hybridized carbons (Fsp3) is 0.125. The van der Waals surface area contributed by atoms with E-state index in [9.17, 15) is 0 Å². The Morgan fingerprint density at radius 3 is 1.84 bits per heavy atom. The minimum Gasteiger partial charge on any atom is -0.361 e. The van der Waals surface area contributed by atoms with Gasteiger partial charge in [-0.15, -0.1) is 4.91 Å². The number of rotatable bonds is 4. The Morgan fingerprint density at radius 2 is 1.39 bits per heavy atom. The lowest BCUT2D eigenvalue weighted by molar-refractivity contribution is 0.393. The van der Waals surface area contributed by atoms with Gasteiger partial charge in [-0.25, -0.2) is 15.0 Å². The van der Waals surface area contributed by atoms with Crippen LogP contribution in [-0.2, 0) is 0 Å². The van der Waals surface area contributed by atoms with Gasteiger partial charge in [0.25, 0.3) is 0 Å². The molecule has 0 unspecified atom stereocenters. The summed E-state index contributed by atoms with van der Waals surface area (Å²) in [5.74, 6) is 36.4. The molecule has 0 spiro atoms. The minimum atomic E-state index is 0. The van der Waals surface area contributed by atoms with Gasteiger partial charge in [-0.05, 0) is 127 Å². The molecule has 12 nitrogen and oxygen atoms in total. The van der Waals surface area contributed by atoms with E-state index in [1.165, 1.54) is 6.33 Å². The molecule has 2 N–H and O–H groups in total. The van der Waals surface area contributed by atoms with E-state index in [4.69, 9.17) is 15.0 Å². The van der Waals surface area contributed by atoms with Gasteiger partial charge in [0.05, 0.1) is 23.1 Å². The SMILES string of the molecule is CC#CC#CC#CC#CC#CC#CC#CC.Cc1noc(C)c1-c1cc(-c2cncnc2)c2nc[nH]c2c1.N=N/N=N/N=O.[HH].[HH].[HH]. The van der Waals surface area contributed by atoms with E-state index >= 15 is 0 Å². The zero-order chi connectivity index (χ0) is 31.8. The number of nitroso groups, excluding NO2 is 1. The van der Waals surface area contributed by atoms with E-state index in [1.807, 2.05) is 19.1 Å². The number of fused-ring (bicyclic) bond motifs is 1. The van der Waals surface area contributed by atoms with E-state index in [2.05, 4.69) is 136 Å². The van der Waals surface area contributed by atoms with Gasteiger partial charge in [0, 0.05) is 38.6 Å². The summed E-state index contributed by atoms with van der Waals surface area (Å²) in [6.07, 6.45) is 6.78. The fourth-order valence-electron chi connectivity index (χ4n) is 3.22. The molecule has 0 bridgehead atoms. The highest BCUT2D eigenvalue weighted by molar-refractivity contribution is 5.95. The first-order valence-electron chi connectivity index (χ1n) is 12.2. The molecule has 0 amide bonds. The average Bonchev–Trinajstić information content (AvgIpc) is 3.66. The van der Waals surface area contributed by atoms with Crippen LogP contribution in [0.15, 0.2) is 62.7 Å². The van der Waals surface area contributed by atoms with Crippen LogP contribution >= 0.6 is 0 Å². The smallest absolute Gasteiger partial charge is 0.141 e. The molecule has 216 valence electrons. The molecular weight excluding hydrogens is 556 g/mol. The van der Waals surface area contributed by atoms with Crippen molar-refractivity contribution in [2.75, 3.05) is 0 Å². The van der Waals surface area contributed by atoms with Crippen LogP contribution in [0.25, 0.3) is 33.3 Å². The highest BCUT2D eigenvalue weighted by atomic mass is 16.5. The van der Waals surface area contributed by atoms with Crippen molar-refractivity contribution in [2.24, 2.45) is 21.0 Å². The van der Waals surface area contributed by atoms with Crippen LogP contribution in [0, 0.1) is 107 Å². The van der Waals surface area contributed by atoms with Crippen molar-refractivity contribution in [3.05, 3.63) is 53.5 Å². The number of imidazole rings is 1. The largest absolute Gasteiger partial charge is 0.361 e. The molecule has 0 aliphatic carbocycles. The van der Waals surface area contributed by atoms with Crippen molar-refractivity contribution >= 4 is 11.0 Å². The maximum Gasteiger partial charge on any atom is 0.141 e. The van der Waals surface area contributed by atoms with Crippen LogP contribution in [0.2, 0.25) is 0 Å². The van der Waals surface area contributed by atoms with Gasteiger partial charge in [-0.1, -0.05) is 17.0 Å². The van der Waals surface area contributed by atoms with Gasteiger partial charge in [0.15, 0.2) is 0 Å². The lowest BCUT2D eigenvalue weighted by Gasteiger charge is -2.06. The number of H-pyrrole nitrogens is 1. The van der Waals surface area contributed by atoms with E-state index in [0.29, 0.717) is 0 Å². The topological polar surface area (TPSA) is 171 Å². The molecular formula is C32H26N10O2. The van der Waals surface area contributed by atoms with Crippen molar-refractivity contribution in [3.63, 3.8) is 0 Å². The molecule has 3 heterocycles. The molecule has 1 aromatic carbocycles. The summed E-state index contributed by atoms with van der Waals surface area (Å²) in [6, 6.07) is 4.14. The molecule has 44 heavy (non-hydrogen) atoms. The zero-order valence-corrected chi connectivity index (χ0v) is 23.9. The third-order valence-corrected chi connectivity index (χ3v) is 4.78. The molecule has 4 aromatic rings. The van der Waals surface area contributed by atoms with Gasteiger partial charge in [0.1, 0.15) is 17.4 Å². The predicted octanol–water partition coefficient (Wildman–Crippen LogP) is 6.15. The standard InChI is InChI=1S/C16H13N5O.C16H6.HN5O.3H2/c1-9-15(10(2)22-21-9)11-3-13(12-5-17-7-18-6-12)16-14(4-11)19-8-20-16;1-3-5-7-9-11-13-15-16-14-12-10-8-6-4-2;1-2-3-4-5-6;;;/h3-8H,1-2H3,(H,19,20);1-2H3;1H;3*1H/b;;2-1?,4-3+;;;. The average molecular weight is 583 g/mol. The molecule has 0 radical (unpaired) electrons. The summed E-state index contributed by atoms with van der Waals surface area (Å²) in [6.45, 7) is 7.27. The second-order valence-electron chi connectivity index (χ2n) is 7.51. The van der Waals surface area contributed by atoms with Gasteiger partial charge in [-0.2, -0.15) is 5.53 Å². The molecule has 0 aliphatic rings. The lowest BCUT2D eigenvalue weighted by Crippen LogP contribution is -1.88. The van der Waals surface area contributed by atoms with Crippen molar-refractivity contribution < 1.29 is 8.80 Å². The van der Waals surface area contributed by atoms with E-state index in [-0.39, 0.29) is 4.28 Å². The predicted molar refractivity (Wildman–Crippen MR) is 170 cm³/mol. The van der Waals surface area contributed by atoms with Crippen LogP contribution < -0.4 is 0 Å². The maximum absolute atomic E-state index is 8.91. The number of nitrogens with one attached hydrogen (secondary N) is 2. The van der Waals surface area contributed by atoms with Gasteiger partial charge in [-0.3, -0.25) is 0 Å². The third kappa shape index (κ3) is 11.1. The number of hydrogen-bond acceptors (Lipinski definition) is 7. The zero-order valence-electron chi connectivity index (χ0n) is 23.9. The monoisotopic (exact) mass is 582 g/mol. The molecule has 0 saturated carbocycles. The van der Waals surface area contributed by atoms with Crippen molar-refractivity contribution in [3.8, 4) is 105 Å². The summed E-state index contributed by atoms with van der Waals surface area (Å²) in [5.41, 5.74) is 12.5.